The molecule has 0 fully saturated rings. The summed E-state index contributed by atoms with van der Waals surface area (Å²) in [6, 6.07) is 4.97. The quantitative estimate of drug-likeness (QED) is 0.881. The van der Waals surface area contributed by atoms with Crippen LogP contribution >= 0.6 is 15.9 Å². The minimum atomic E-state index is -1.38. The molecule has 5 nitrogen and oxygen atoms in total. The molecule has 1 heterocycles. The van der Waals surface area contributed by atoms with Crippen LogP contribution in [-0.4, -0.2) is 14.7 Å². The van der Waals surface area contributed by atoms with Crippen LogP contribution in [-0.2, 0) is 6.42 Å². The molecule has 19 heavy (non-hydrogen) atoms. The Hall–Kier alpha value is -1.89. The van der Waals surface area contributed by atoms with Gasteiger partial charge in [0.15, 0.2) is 0 Å². The average Bonchev–Trinajstić information content (AvgIpc) is 2.37. The third-order valence-corrected chi connectivity index (χ3v) is 3.19. The lowest BCUT2D eigenvalue weighted by molar-refractivity contribution is 0.385. The fraction of sp³-hybridized carbons (Fsp3) is 0.167. The van der Waals surface area contributed by atoms with E-state index in [0.29, 0.717) is 12.1 Å². The van der Waals surface area contributed by atoms with Crippen molar-refractivity contribution < 1.29 is 9.50 Å². The zero-order valence-corrected chi connectivity index (χ0v) is 11.5. The summed E-state index contributed by atoms with van der Waals surface area (Å²) in [6.45, 7) is 1.86. The number of aromatic nitrogens is 2. The van der Waals surface area contributed by atoms with Crippen molar-refractivity contribution in [1.29, 1.82) is 0 Å². The molecule has 1 aromatic carbocycles. The minimum Gasteiger partial charge on any atom is -0.492 e. The van der Waals surface area contributed by atoms with Crippen molar-refractivity contribution in [2.24, 2.45) is 0 Å². The molecule has 2 rings (SSSR count). The number of hydrogen-bond acceptors (Lipinski definition) is 3. The number of benzene rings is 1. The van der Waals surface area contributed by atoms with Crippen LogP contribution in [0, 0.1) is 5.82 Å². The van der Waals surface area contributed by atoms with Crippen molar-refractivity contribution in [1.82, 2.24) is 9.55 Å². The van der Waals surface area contributed by atoms with E-state index in [1.165, 1.54) is 0 Å². The van der Waals surface area contributed by atoms with Crippen LogP contribution < -0.4 is 11.2 Å². The number of aryl methyl sites for hydroxylation is 1. The minimum absolute atomic E-state index is 0.323. The van der Waals surface area contributed by atoms with Gasteiger partial charge < -0.3 is 5.11 Å². The van der Waals surface area contributed by atoms with Gasteiger partial charge in [0.05, 0.1) is 5.69 Å². The first kappa shape index (κ1) is 13.5. The highest BCUT2D eigenvalue weighted by atomic mass is 79.9. The first-order chi connectivity index (χ1) is 8.95. The number of nitrogens with zero attached hydrogens (tertiary/aromatic N) is 1. The number of nitrogens with one attached hydrogen (secondary N) is 1. The third kappa shape index (κ3) is 2.33. The molecule has 2 aromatic rings. The summed E-state index contributed by atoms with van der Waals surface area (Å²) in [5.74, 6) is -2.38. The van der Waals surface area contributed by atoms with E-state index in [9.17, 15) is 19.1 Å². The van der Waals surface area contributed by atoms with E-state index < -0.39 is 22.9 Å². The second-order valence-corrected chi connectivity index (χ2v) is 4.77. The van der Waals surface area contributed by atoms with Crippen LogP contribution in [0.4, 0.5) is 4.39 Å². The molecule has 2 N–H and O–H groups in total. The molecule has 0 unspecified atom stereocenters. The van der Waals surface area contributed by atoms with Crippen LogP contribution in [0.1, 0.15) is 12.5 Å². The molecule has 100 valence electrons. The van der Waals surface area contributed by atoms with E-state index in [1.807, 2.05) is 11.9 Å². The van der Waals surface area contributed by atoms with Crippen molar-refractivity contribution in [3.05, 3.63) is 54.9 Å². The first-order valence-corrected chi connectivity index (χ1v) is 6.27. The van der Waals surface area contributed by atoms with E-state index in [2.05, 4.69) is 15.9 Å². The first-order valence-electron chi connectivity index (χ1n) is 5.48. The van der Waals surface area contributed by atoms with Crippen LogP contribution in [0.15, 0.2) is 32.3 Å². The molecule has 7 heteroatoms. The Balaban J connectivity index is 2.83. The van der Waals surface area contributed by atoms with Crippen LogP contribution in [0.5, 0.6) is 5.88 Å². The van der Waals surface area contributed by atoms with Gasteiger partial charge >= 0.3 is 5.69 Å². The summed E-state index contributed by atoms with van der Waals surface area (Å²) in [5.41, 5.74) is -1.09. The molecule has 0 bridgehead atoms. The molecule has 0 saturated carbocycles. The van der Waals surface area contributed by atoms with Gasteiger partial charge in [-0.2, -0.15) is 4.39 Å². The number of hydrogen-bond donors (Lipinski definition) is 2. The monoisotopic (exact) mass is 328 g/mol. The highest BCUT2D eigenvalue weighted by Gasteiger charge is 2.16. The Bertz CT molecular complexity index is 752. The maximum atomic E-state index is 13.4. The summed E-state index contributed by atoms with van der Waals surface area (Å²) < 4.78 is 14.9. The zero-order valence-electron chi connectivity index (χ0n) is 9.91. The predicted molar refractivity (Wildman–Crippen MR) is 71.4 cm³/mol. The second kappa shape index (κ2) is 5.00. The topological polar surface area (TPSA) is 75.1 Å². The highest BCUT2D eigenvalue weighted by Crippen LogP contribution is 2.23. The molecule has 0 amide bonds. The number of halogens is 2. The molecular formula is C12H10BrFN2O3. The molecule has 0 spiro atoms. The Morgan fingerprint density at radius 2 is 2.11 bits per heavy atom. The number of rotatable bonds is 2. The number of aromatic hydroxyl groups is 1. The summed E-state index contributed by atoms with van der Waals surface area (Å²) >= 11 is 3.29. The lowest BCUT2D eigenvalue weighted by Gasteiger charge is -2.12. The molecule has 1 aromatic heterocycles. The van der Waals surface area contributed by atoms with Crippen molar-refractivity contribution in [3.63, 3.8) is 0 Å². The summed E-state index contributed by atoms with van der Waals surface area (Å²) in [5, 5.41) is 9.66. The maximum Gasteiger partial charge on any atom is 0.335 e. The third-order valence-electron chi connectivity index (χ3n) is 2.69. The summed E-state index contributed by atoms with van der Waals surface area (Å²) in [4.78, 5) is 24.6. The van der Waals surface area contributed by atoms with Crippen LogP contribution in [0.25, 0.3) is 5.69 Å². The molecular weight excluding hydrogens is 319 g/mol. The van der Waals surface area contributed by atoms with Gasteiger partial charge in [0.2, 0.25) is 11.7 Å². The largest absolute Gasteiger partial charge is 0.492 e. The zero-order chi connectivity index (χ0) is 14.2. The SMILES string of the molecule is CCc1cc(Br)ccc1-n1c(O)c(F)c(=O)[nH]c1=O. The van der Waals surface area contributed by atoms with E-state index in [-0.39, 0.29) is 0 Å². The van der Waals surface area contributed by atoms with Gasteiger partial charge in [0.25, 0.3) is 5.56 Å². The highest BCUT2D eigenvalue weighted by molar-refractivity contribution is 9.10. The van der Waals surface area contributed by atoms with Gasteiger partial charge in [-0.25, -0.2) is 9.36 Å². The van der Waals surface area contributed by atoms with Crippen molar-refractivity contribution in [2.75, 3.05) is 0 Å². The molecule has 0 saturated heterocycles. The van der Waals surface area contributed by atoms with E-state index >= 15 is 0 Å². The Labute approximate surface area is 115 Å². The standard InChI is InChI=1S/C12H10BrFN2O3/c1-2-6-5-7(13)3-4-8(6)16-11(18)9(14)10(17)15-12(16)19/h3-5,18H,2H2,1H3,(H,15,17,19). The predicted octanol–water partition coefficient (Wildman–Crippen LogP) is 1.70. The smallest absolute Gasteiger partial charge is 0.335 e. The lowest BCUT2D eigenvalue weighted by Crippen LogP contribution is -2.31. The Kier molecular flexibility index (Phi) is 3.57. The summed E-state index contributed by atoms with van der Waals surface area (Å²) in [6.07, 6.45) is 0.571. The van der Waals surface area contributed by atoms with E-state index in [4.69, 9.17) is 0 Å². The van der Waals surface area contributed by atoms with Gasteiger partial charge in [-0.1, -0.05) is 22.9 Å². The Morgan fingerprint density at radius 3 is 2.74 bits per heavy atom. The molecule has 0 aliphatic rings. The lowest BCUT2D eigenvalue weighted by atomic mass is 10.1. The summed E-state index contributed by atoms with van der Waals surface area (Å²) in [7, 11) is 0. The van der Waals surface area contributed by atoms with E-state index in [1.54, 1.807) is 18.2 Å². The molecule has 0 radical (unpaired) electrons. The second-order valence-electron chi connectivity index (χ2n) is 3.86. The van der Waals surface area contributed by atoms with Crippen molar-refractivity contribution in [3.8, 4) is 11.6 Å². The van der Waals surface area contributed by atoms with Crippen LogP contribution in [0.2, 0.25) is 0 Å². The Morgan fingerprint density at radius 1 is 1.42 bits per heavy atom. The van der Waals surface area contributed by atoms with Gasteiger partial charge in [-0.15, -0.1) is 0 Å². The van der Waals surface area contributed by atoms with Crippen molar-refractivity contribution in [2.45, 2.75) is 13.3 Å². The van der Waals surface area contributed by atoms with Crippen molar-refractivity contribution >= 4 is 15.9 Å². The molecule has 0 atom stereocenters. The fourth-order valence-corrected chi connectivity index (χ4v) is 2.19. The number of H-pyrrole nitrogens is 1. The number of aromatic amines is 1. The van der Waals surface area contributed by atoms with Gasteiger partial charge in [-0.3, -0.25) is 9.78 Å². The maximum absolute atomic E-state index is 13.4. The van der Waals surface area contributed by atoms with Gasteiger partial charge in [0, 0.05) is 4.47 Å². The average molecular weight is 329 g/mol. The van der Waals surface area contributed by atoms with E-state index in [0.717, 1.165) is 14.6 Å². The van der Waals surface area contributed by atoms with Crippen LogP contribution in [0.3, 0.4) is 0 Å². The molecule has 0 aliphatic heterocycles. The fourth-order valence-electron chi connectivity index (χ4n) is 1.78. The normalized spacial score (nSPS) is 10.7. The molecule has 0 aliphatic carbocycles. The van der Waals surface area contributed by atoms with Gasteiger partial charge in [0.1, 0.15) is 0 Å². The van der Waals surface area contributed by atoms with Gasteiger partial charge in [-0.05, 0) is 30.2 Å².